The maximum atomic E-state index is 13.4. The van der Waals surface area contributed by atoms with E-state index < -0.39 is 33.5 Å². The van der Waals surface area contributed by atoms with Gasteiger partial charge in [0.05, 0.1) is 10.8 Å². The van der Waals surface area contributed by atoms with Crippen LogP contribution in [0.15, 0.2) is 18.2 Å². The van der Waals surface area contributed by atoms with Gasteiger partial charge in [-0.2, -0.15) is 0 Å². The predicted octanol–water partition coefficient (Wildman–Crippen LogP) is 3.08. The quantitative estimate of drug-likeness (QED) is 0.747. The average Bonchev–Trinajstić information content (AvgIpc) is 2.34. The van der Waals surface area contributed by atoms with Crippen molar-refractivity contribution in [1.82, 2.24) is 0 Å². The average molecular weight is 274 g/mol. The normalized spacial score (nSPS) is 14.2. The van der Waals surface area contributed by atoms with Gasteiger partial charge in [0.2, 0.25) is 0 Å². The van der Waals surface area contributed by atoms with Crippen LogP contribution >= 0.6 is 0 Å². The molecule has 2 unspecified atom stereocenters. The summed E-state index contributed by atoms with van der Waals surface area (Å²) in [4.78, 5) is 11.9. The Kier molecular flexibility index (Phi) is 5.59. The van der Waals surface area contributed by atoms with Crippen molar-refractivity contribution in [2.45, 2.75) is 31.9 Å². The zero-order chi connectivity index (χ0) is 13.7. The summed E-state index contributed by atoms with van der Waals surface area (Å²) in [7, 11) is -1.32. The van der Waals surface area contributed by atoms with Gasteiger partial charge >= 0.3 is 0 Å². The molecule has 2 nitrogen and oxygen atoms in total. The van der Waals surface area contributed by atoms with Crippen LogP contribution in [0.4, 0.5) is 8.78 Å². The number of halogens is 2. The molecule has 5 heteroatoms. The number of unbranched alkanes of at least 4 members (excludes halogenated alkanes) is 1. The second-order valence-electron chi connectivity index (χ2n) is 4.07. The molecule has 0 saturated carbocycles. The molecule has 0 saturated heterocycles. The summed E-state index contributed by atoms with van der Waals surface area (Å²) in [6, 6.07) is 2.79. The van der Waals surface area contributed by atoms with Crippen molar-refractivity contribution in [2.75, 3.05) is 5.75 Å². The van der Waals surface area contributed by atoms with Gasteiger partial charge in [-0.05, 0) is 25.5 Å². The number of carbonyl (C=O) groups is 1. The lowest BCUT2D eigenvalue weighted by molar-refractivity contribution is 0.0988. The number of carbonyl (C=O) groups excluding carboxylic acids is 1. The van der Waals surface area contributed by atoms with E-state index in [-0.39, 0.29) is 5.56 Å². The van der Waals surface area contributed by atoms with E-state index in [1.807, 2.05) is 6.92 Å². The second kappa shape index (κ2) is 6.73. The van der Waals surface area contributed by atoms with E-state index in [1.54, 1.807) is 0 Å². The Morgan fingerprint density at radius 1 is 1.39 bits per heavy atom. The molecule has 1 rings (SSSR count). The van der Waals surface area contributed by atoms with Gasteiger partial charge in [-0.25, -0.2) is 8.78 Å². The molecule has 0 aliphatic heterocycles. The van der Waals surface area contributed by atoms with E-state index >= 15 is 0 Å². The third kappa shape index (κ3) is 3.70. The molecular weight excluding hydrogens is 258 g/mol. The third-order valence-corrected chi connectivity index (χ3v) is 4.35. The Hall–Kier alpha value is -1.10. The highest BCUT2D eigenvalue weighted by atomic mass is 32.2. The second-order valence-corrected chi connectivity index (χ2v) is 5.95. The standard InChI is InChI=1S/C13H16F2O2S/c1-3-4-7-18(17)9(2)13(16)11-6-5-10(14)8-12(11)15/h5-6,8-9H,3-4,7H2,1-2H3. The van der Waals surface area contributed by atoms with E-state index in [0.717, 1.165) is 25.0 Å². The monoisotopic (exact) mass is 274 g/mol. The molecule has 0 bridgehead atoms. The molecule has 0 aromatic heterocycles. The minimum atomic E-state index is -1.32. The molecule has 1 aromatic carbocycles. The van der Waals surface area contributed by atoms with Crippen LogP contribution in [0.2, 0.25) is 0 Å². The van der Waals surface area contributed by atoms with Crippen molar-refractivity contribution in [1.29, 1.82) is 0 Å². The molecular formula is C13H16F2O2S. The maximum Gasteiger partial charge on any atom is 0.181 e. The molecule has 0 heterocycles. The molecule has 0 radical (unpaired) electrons. The van der Waals surface area contributed by atoms with Crippen LogP contribution < -0.4 is 0 Å². The van der Waals surface area contributed by atoms with E-state index in [1.165, 1.54) is 6.92 Å². The zero-order valence-corrected chi connectivity index (χ0v) is 11.2. The minimum absolute atomic E-state index is 0.200. The van der Waals surface area contributed by atoms with Crippen LogP contribution in [0, 0.1) is 11.6 Å². The van der Waals surface area contributed by atoms with Gasteiger partial charge in [-0.3, -0.25) is 9.00 Å². The van der Waals surface area contributed by atoms with Crippen LogP contribution in [0.25, 0.3) is 0 Å². The van der Waals surface area contributed by atoms with Gasteiger partial charge in [0.15, 0.2) is 5.78 Å². The molecule has 0 spiro atoms. The molecule has 18 heavy (non-hydrogen) atoms. The number of rotatable bonds is 6. The van der Waals surface area contributed by atoms with Crippen molar-refractivity contribution in [3.63, 3.8) is 0 Å². The summed E-state index contributed by atoms with van der Waals surface area (Å²) in [5.41, 5.74) is -0.200. The minimum Gasteiger partial charge on any atom is -0.293 e. The van der Waals surface area contributed by atoms with Gasteiger partial charge in [-0.15, -0.1) is 0 Å². The molecule has 0 aliphatic rings. The van der Waals surface area contributed by atoms with Crippen LogP contribution in [0.3, 0.4) is 0 Å². The first-order valence-electron chi connectivity index (χ1n) is 5.83. The summed E-state index contributed by atoms with van der Waals surface area (Å²) in [6.07, 6.45) is 1.65. The number of benzene rings is 1. The number of ketones is 1. The lowest BCUT2D eigenvalue weighted by Crippen LogP contribution is -2.25. The summed E-state index contributed by atoms with van der Waals surface area (Å²) in [5.74, 6) is -1.75. The van der Waals surface area contributed by atoms with Gasteiger partial charge in [0.25, 0.3) is 0 Å². The third-order valence-electron chi connectivity index (χ3n) is 2.66. The van der Waals surface area contributed by atoms with E-state index in [0.29, 0.717) is 11.8 Å². The maximum absolute atomic E-state index is 13.4. The highest BCUT2D eigenvalue weighted by Crippen LogP contribution is 2.14. The summed E-state index contributed by atoms with van der Waals surface area (Å²) in [6.45, 7) is 3.47. The first-order valence-corrected chi connectivity index (χ1v) is 7.22. The number of hydrogen-bond donors (Lipinski definition) is 0. The fourth-order valence-corrected chi connectivity index (χ4v) is 2.78. The van der Waals surface area contributed by atoms with Crippen LogP contribution in [-0.4, -0.2) is 21.0 Å². The van der Waals surface area contributed by atoms with E-state index in [9.17, 15) is 17.8 Å². The van der Waals surface area contributed by atoms with Gasteiger partial charge in [-0.1, -0.05) is 13.3 Å². The fourth-order valence-electron chi connectivity index (χ4n) is 1.49. The zero-order valence-electron chi connectivity index (χ0n) is 10.4. The van der Waals surface area contributed by atoms with Crippen LogP contribution in [0.5, 0.6) is 0 Å². The predicted molar refractivity (Wildman–Crippen MR) is 68.1 cm³/mol. The number of hydrogen-bond acceptors (Lipinski definition) is 2. The number of Topliss-reactive ketones (excluding diaryl/α,β-unsaturated/α-hetero) is 1. The molecule has 0 amide bonds. The van der Waals surface area contributed by atoms with Crippen molar-refractivity contribution in [3.8, 4) is 0 Å². The highest BCUT2D eigenvalue weighted by Gasteiger charge is 2.23. The smallest absolute Gasteiger partial charge is 0.181 e. The largest absolute Gasteiger partial charge is 0.293 e. The fraction of sp³-hybridized carbons (Fsp3) is 0.462. The van der Waals surface area contributed by atoms with Crippen molar-refractivity contribution in [2.24, 2.45) is 0 Å². The van der Waals surface area contributed by atoms with Crippen molar-refractivity contribution in [3.05, 3.63) is 35.4 Å². The first kappa shape index (κ1) is 15.0. The van der Waals surface area contributed by atoms with Gasteiger partial charge in [0, 0.05) is 22.6 Å². The van der Waals surface area contributed by atoms with E-state index in [4.69, 9.17) is 0 Å². The lowest BCUT2D eigenvalue weighted by atomic mass is 10.1. The molecule has 0 aliphatic carbocycles. The topological polar surface area (TPSA) is 34.1 Å². The van der Waals surface area contributed by atoms with E-state index in [2.05, 4.69) is 0 Å². The van der Waals surface area contributed by atoms with Crippen molar-refractivity contribution < 1.29 is 17.8 Å². The summed E-state index contributed by atoms with van der Waals surface area (Å²) >= 11 is 0. The Balaban J connectivity index is 2.83. The SMILES string of the molecule is CCCCS(=O)C(C)C(=O)c1ccc(F)cc1F. The first-order chi connectivity index (χ1) is 8.47. The molecule has 1 aromatic rings. The highest BCUT2D eigenvalue weighted by molar-refractivity contribution is 7.86. The van der Waals surface area contributed by atoms with Gasteiger partial charge < -0.3 is 0 Å². The van der Waals surface area contributed by atoms with Crippen LogP contribution in [0.1, 0.15) is 37.0 Å². The molecule has 0 fully saturated rings. The Morgan fingerprint density at radius 2 is 2.06 bits per heavy atom. The molecule has 0 N–H and O–H groups in total. The molecule has 100 valence electrons. The Labute approximate surface area is 108 Å². The lowest BCUT2D eigenvalue weighted by Gasteiger charge is -2.10. The molecule has 2 atom stereocenters. The Bertz CT molecular complexity index is 460. The van der Waals surface area contributed by atoms with Gasteiger partial charge in [0.1, 0.15) is 11.6 Å². The van der Waals surface area contributed by atoms with Crippen LogP contribution in [-0.2, 0) is 10.8 Å². The summed E-state index contributed by atoms with van der Waals surface area (Å²) in [5, 5.41) is -0.767. The van der Waals surface area contributed by atoms with Crippen molar-refractivity contribution >= 4 is 16.6 Å². The summed E-state index contributed by atoms with van der Waals surface area (Å²) < 4.78 is 37.9. The Morgan fingerprint density at radius 3 is 2.61 bits per heavy atom.